The highest BCUT2D eigenvalue weighted by atomic mass is 35.5. The second-order valence-electron chi connectivity index (χ2n) is 8.07. The van der Waals surface area contributed by atoms with Gasteiger partial charge in [-0.1, -0.05) is 30.7 Å². The van der Waals surface area contributed by atoms with Crippen molar-refractivity contribution >= 4 is 29.2 Å². The monoisotopic (exact) mass is 486 g/mol. The van der Waals surface area contributed by atoms with Crippen LogP contribution in [0.1, 0.15) is 26.3 Å². The minimum absolute atomic E-state index is 0.00476. The van der Waals surface area contributed by atoms with Gasteiger partial charge in [0.05, 0.1) is 31.9 Å². The molecule has 1 atom stereocenters. The maximum absolute atomic E-state index is 13.4. The largest absolute Gasteiger partial charge is 0.489 e. The Labute approximate surface area is 201 Å². The van der Waals surface area contributed by atoms with Gasteiger partial charge < -0.3 is 14.8 Å². The maximum atomic E-state index is 13.4. The van der Waals surface area contributed by atoms with Crippen LogP contribution >= 0.6 is 11.6 Å². The van der Waals surface area contributed by atoms with Gasteiger partial charge in [0.25, 0.3) is 5.56 Å². The molecule has 0 aliphatic rings. The van der Waals surface area contributed by atoms with Crippen LogP contribution in [0.25, 0.3) is 0 Å². The summed E-state index contributed by atoms with van der Waals surface area (Å²) in [5.41, 5.74) is -0.315. The number of carbonyl (C=O) groups is 1. The highest BCUT2D eigenvalue weighted by molar-refractivity contribution is 6.30. The molecule has 2 aromatic heterocycles. The van der Waals surface area contributed by atoms with Crippen molar-refractivity contribution in [3.05, 3.63) is 80.1 Å². The number of esters is 1. The van der Waals surface area contributed by atoms with Crippen molar-refractivity contribution in [2.75, 3.05) is 12.4 Å². The SMILES string of the molecule is COC(=O)[C@@H](C)Cn1c(=O)cc(Nc2ccc(OC(C)C)cn2)n(Cc2ccc(Cl)cc2)c1=O. The molecule has 1 aromatic carbocycles. The second kappa shape index (κ2) is 11.0. The fraction of sp³-hybridized carbons (Fsp3) is 0.333. The van der Waals surface area contributed by atoms with Gasteiger partial charge in [-0.05, 0) is 43.7 Å². The van der Waals surface area contributed by atoms with E-state index in [1.807, 2.05) is 13.8 Å². The van der Waals surface area contributed by atoms with Gasteiger partial charge in [0.15, 0.2) is 0 Å². The number of benzene rings is 1. The summed E-state index contributed by atoms with van der Waals surface area (Å²) in [6, 6.07) is 11.8. The molecular weight excluding hydrogens is 460 g/mol. The molecule has 3 rings (SSSR count). The lowest BCUT2D eigenvalue weighted by Crippen LogP contribution is -2.42. The Morgan fingerprint density at radius 3 is 2.38 bits per heavy atom. The molecule has 0 aliphatic carbocycles. The van der Waals surface area contributed by atoms with E-state index in [9.17, 15) is 14.4 Å². The number of nitrogens with one attached hydrogen (secondary N) is 1. The molecule has 180 valence electrons. The van der Waals surface area contributed by atoms with E-state index in [1.54, 1.807) is 49.5 Å². The number of ether oxygens (including phenoxy) is 2. The zero-order valence-corrected chi connectivity index (χ0v) is 20.2. The molecule has 1 N–H and O–H groups in total. The molecule has 0 bridgehead atoms. The molecule has 0 amide bonds. The Balaban J connectivity index is 2.01. The molecule has 9 nitrogen and oxygen atoms in total. The number of rotatable bonds is 9. The van der Waals surface area contributed by atoms with E-state index >= 15 is 0 Å². The third-order valence-electron chi connectivity index (χ3n) is 4.96. The number of carbonyl (C=O) groups excluding carboxylic acids is 1. The second-order valence-corrected chi connectivity index (χ2v) is 8.50. The number of methoxy groups -OCH3 is 1. The van der Waals surface area contributed by atoms with Crippen LogP contribution in [0.4, 0.5) is 11.6 Å². The summed E-state index contributed by atoms with van der Waals surface area (Å²) >= 11 is 5.99. The standard InChI is InChI=1S/C24H27ClN4O5/c1-15(2)34-19-9-10-20(26-12-19)27-21-11-22(30)29(13-16(3)23(31)33-4)24(32)28(21)14-17-5-7-18(25)8-6-17/h5-12,15-16H,13-14H2,1-4H3,(H,26,27)/t16-/m0/s1. The first kappa shape index (κ1) is 25.0. The summed E-state index contributed by atoms with van der Waals surface area (Å²) in [5, 5.41) is 3.61. The van der Waals surface area contributed by atoms with Gasteiger partial charge in [0.1, 0.15) is 17.4 Å². The van der Waals surface area contributed by atoms with Crippen molar-refractivity contribution in [1.82, 2.24) is 14.1 Å². The van der Waals surface area contributed by atoms with Gasteiger partial charge in [-0.25, -0.2) is 9.78 Å². The number of pyridine rings is 1. The average molecular weight is 487 g/mol. The number of halogens is 1. The Morgan fingerprint density at radius 1 is 1.09 bits per heavy atom. The van der Waals surface area contributed by atoms with Gasteiger partial charge in [-0.2, -0.15) is 0 Å². The predicted octanol–water partition coefficient (Wildman–Crippen LogP) is 3.45. The third kappa shape index (κ3) is 6.26. The number of anilines is 2. The molecule has 0 radical (unpaired) electrons. The first-order valence-corrected chi connectivity index (χ1v) is 11.1. The number of aromatic nitrogens is 3. The number of hydrogen-bond donors (Lipinski definition) is 1. The summed E-state index contributed by atoms with van der Waals surface area (Å²) in [4.78, 5) is 42.4. The van der Waals surface area contributed by atoms with Crippen LogP contribution in [0.5, 0.6) is 5.75 Å². The molecule has 10 heteroatoms. The first-order chi connectivity index (χ1) is 16.2. The van der Waals surface area contributed by atoms with Crippen LogP contribution < -0.4 is 21.3 Å². The zero-order valence-electron chi connectivity index (χ0n) is 19.4. The molecule has 0 fully saturated rings. The van der Waals surface area contributed by atoms with Crippen molar-refractivity contribution in [2.45, 2.75) is 40.0 Å². The van der Waals surface area contributed by atoms with Crippen molar-refractivity contribution in [2.24, 2.45) is 5.92 Å². The fourth-order valence-electron chi connectivity index (χ4n) is 3.29. The summed E-state index contributed by atoms with van der Waals surface area (Å²) < 4.78 is 12.8. The quantitative estimate of drug-likeness (QED) is 0.462. The molecule has 0 unspecified atom stereocenters. The Morgan fingerprint density at radius 2 is 1.79 bits per heavy atom. The minimum atomic E-state index is -0.673. The topological polar surface area (TPSA) is 104 Å². The number of hydrogen-bond acceptors (Lipinski definition) is 7. The van der Waals surface area contributed by atoms with Crippen LogP contribution in [0.15, 0.2) is 58.3 Å². The van der Waals surface area contributed by atoms with E-state index in [-0.39, 0.29) is 25.0 Å². The Bertz CT molecular complexity index is 1250. The van der Waals surface area contributed by atoms with Crippen molar-refractivity contribution < 1.29 is 14.3 Å². The zero-order chi connectivity index (χ0) is 24.8. The van der Waals surface area contributed by atoms with Crippen molar-refractivity contribution in [1.29, 1.82) is 0 Å². The van der Waals surface area contributed by atoms with E-state index in [0.717, 1.165) is 10.1 Å². The summed E-state index contributed by atoms with van der Waals surface area (Å²) in [5.74, 6) is 0.114. The Hall–Kier alpha value is -3.59. The fourth-order valence-corrected chi connectivity index (χ4v) is 3.42. The van der Waals surface area contributed by atoms with Crippen molar-refractivity contribution in [3.63, 3.8) is 0 Å². The highest BCUT2D eigenvalue weighted by Gasteiger charge is 2.19. The van der Waals surface area contributed by atoms with E-state index < -0.39 is 23.1 Å². The molecule has 34 heavy (non-hydrogen) atoms. The molecule has 3 aromatic rings. The van der Waals surface area contributed by atoms with Gasteiger partial charge in [-0.3, -0.25) is 18.7 Å². The van der Waals surface area contributed by atoms with Crippen molar-refractivity contribution in [3.8, 4) is 5.75 Å². The average Bonchev–Trinajstić information content (AvgIpc) is 2.80. The Kier molecular flexibility index (Phi) is 8.12. The van der Waals surface area contributed by atoms with Crippen LogP contribution in [0, 0.1) is 5.92 Å². The van der Waals surface area contributed by atoms with Gasteiger partial charge in [0, 0.05) is 17.6 Å². The lowest BCUT2D eigenvalue weighted by Gasteiger charge is -2.18. The van der Waals surface area contributed by atoms with Crippen LogP contribution in [0.2, 0.25) is 5.02 Å². The summed E-state index contributed by atoms with van der Waals surface area (Å²) in [6.07, 6.45) is 1.56. The van der Waals surface area contributed by atoms with Gasteiger partial charge >= 0.3 is 11.7 Å². The van der Waals surface area contributed by atoms with Gasteiger partial charge in [-0.15, -0.1) is 0 Å². The summed E-state index contributed by atoms with van der Waals surface area (Å²) in [6.45, 7) is 5.48. The van der Waals surface area contributed by atoms with Crippen LogP contribution in [-0.4, -0.2) is 33.3 Å². The van der Waals surface area contributed by atoms with E-state index in [4.69, 9.17) is 21.1 Å². The predicted molar refractivity (Wildman–Crippen MR) is 130 cm³/mol. The lowest BCUT2D eigenvalue weighted by molar-refractivity contribution is -0.145. The number of nitrogens with zero attached hydrogens (tertiary/aromatic N) is 3. The van der Waals surface area contributed by atoms with Gasteiger partial charge in [0.2, 0.25) is 0 Å². The molecular formula is C24H27ClN4O5. The van der Waals surface area contributed by atoms with E-state index in [2.05, 4.69) is 10.3 Å². The van der Waals surface area contributed by atoms with E-state index in [0.29, 0.717) is 16.6 Å². The van der Waals surface area contributed by atoms with Crippen LogP contribution in [-0.2, 0) is 22.6 Å². The molecule has 2 heterocycles. The molecule has 0 aliphatic heterocycles. The normalized spacial score (nSPS) is 11.8. The first-order valence-electron chi connectivity index (χ1n) is 10.7. The molecule has 0 saturated carbocycles. The highest BCUT2D eigenvalue weighted by Crippen LogP contribution is 2.18. The minimum Gasteiger partial charge on any atom is -0.489 e. The van der Waals surface area contributed by atoms with Crippen LogP contribution in [0.3, 0.4) is 0 Å². The molecule has 0 saturated heterocycles. The summed E-state index contributed by atoms with van der Waals surface area (Å²) in [7, 11) is 1.26. The smallest absolute Gasteiger partial charge is 0.332 e. The lowest BCUT2D eigenvalue weighted by atomic mass is 10.2. The van der Waals surface area contributed by atoms with E-state index in [1.165, 1.54) is 17.7 Å². The third-order valence-corrected chi connectivity index (χ3v) is 5.21. The maximum Gasteiger partial charge on any atom is 0.332 e. The molecule has 0 spiro atoms.